The van der Waals surface area contributed by atoms with Crippen LogP contribution in [0.5, 0.6) is 0 Å². The summed E-state index contributed by atoms with van der Waals surface area (Å²) in [4.78, 5) is 6.88. The number of hydrogen-bond donors (Lipinski definition) is 1. The van der Waals surface area contributed by atoms with Crippen molar-refractivity contribution in [3.8, 4) is 0 Å². The van der Waals surface area contributed by atoms with Gasteiger partial charge in [-0.2, -0.15) is 0 Å². The SMILES string of the molecule is Cl.Cl.Clc1ccc([C@H](C2CCC2)N2CCNCC2)cn1. The average Bonchev–Trinajstić information content (AvgIpc) is 2.36. The Kier molecular flexibility index (Phi) is 7.56. The van der Waals surface area contributed by atoms with E-state index in [0.717, 1.165) is 32.1 Å². The van der Waals surface area contributed by atoms with Crippen LogP contribution in [0.2, 0.25) is 5.15 Å². The first-order chi connectivity index (χ1) is 8.84. The number of pyridine rings is 1. The molecule has 1 saturated heterocycles. The second-order valence-electron chi connectivity index (χ2n) is 5.34. The van der Waals surface area contributed by atoms with Crippen molar-refractivity contribution in [1.82, 2.24) is 15.2 Å². The molecule has 1 saturated carbocycles. The quantitative estimate of drug-likeness (QED) is 0.857. The number of hydrogen-bond acceptors (Lipinski definition) is 3. The molecule has 2 fully saturated rings. The average molecular weight is 339 g/mol. The van der Waals surface area contributed by atoms with Gasteiger partial charge in [-0.15, -0.1) is 24.8 Å². The number of rotatable bonds is 3. The summed E-state index contributed by atoms with van der Waals surface area (Å²) in [5, 5.41) is 4.02. The van der Waals surface area contributed by atoms with Crippen molar-refractivity contribution in [2.45, 2.75) is 25.3 Å². The predicted molar refractivity (Wildman–Crippen MR) is 88.3 cm³/mol. The van der Waals surface area contributed by atoms with E-state index in [2.05, 4.69) is 21.3 Å². The van der Waals surface area contributed by atoms with E-state index in [1.165, 1.54) is 24.8 Å². The van der Waals surface area contributed by atoms with Crippen LogP contribution >= 0.6 is 36.4 Å². The molecule has 0 spiro atoms. The zero-order chi connectivity index (χ0) is 12.4. The van der Waals surface area contributed by atoms with Gasteiger partial charge in [0.25, 0.3) is 0 Å². The van der Waals surface area contributed by atoms with Crippen LogP contribution in [0, 0.1) is 5.92 Å². The van der Waals surface area contributed by atoms with Crippen molar-refractivity contribution in [2.24, 2.45) is 5.92 Å². The van der Waals surface area contributed by atoms with E-state index in [4.69, 9.17) is 11.6 Å². The minimum Gasteiger partial charge on any atom is -0.314 e. The summed E-state index contributed by atoms with van der Waals surface area (Å²) in [6.45, 7) is 4.49. The molecule has 3 nitrogen and oxygen atoms in total. The maximum absolute atomic E-state index is 5.89. The summed E-state index contributed by atoms with van der Waals surface area (Å²) in [6.07, 6.45) is 6.07. The molecule has 3 rings (SSSR count). The smallest absolute Gasteiger partial charge is 0.129 e. The molecule has 1 N–H and O–H groups in total. The number of nitrogens with one attached hydrogen (secondary N) is 1. The van der Waals surface area contributed by atoms with Gasteiger partial charge in [-0.3, -0.25) is 4.90 Å². The van der Waals surface area contributed by atoms with E-state index in [0.29, 0.717) is 11.2 Å². The fourth-order valence-corrected chi connectivity index (χ4v) is 3.17. The molecule has 2 heterocycles. The van der Waals surface area contributed by atoms with Crippen molar-refractivity contribution in [1.29, 1.82) is 0 Å². The van der Waals surface area contributed by atoms with E-state index >= 15 is 0 Å². The number of halogens is 3. The van der Waals surface area contributed by atoms with Crippen molar-refractivity contribution < 1.29 is 0 Å². The minimum absolute atomic E-state index is 0. The number of nitrogens with zero attached hydrogens (tertiary/aromatic N) is 2. The Hall–Kier alpha value is -0.0600. The lowest BCUT2D eigenvalue weighted by atomic mass is 9.76. The molecular weight excluding hydrogens is 317 g/mol. The normalized spacial score (nSPS) is 21.2. The Labute approximate surface area is 138 Å². The topological polar surface area (TPSA) is 28.2 Å². The summed E-state index contributed by atoms with van der Waals surface area (Å²) in [5.41, 5.74) is 1.34. The molecular formula is C14H22Cl3N3. The second kappa shape index (κ2) is 8.40. The highest BCUT2D eigenvalue weighted by atomic mass is 35.5. The van der Waals surface area contributed by atoms with Gasteiger partial charge in [0.05, 0.1) is 0 Å². The van der Waals surface area contributed by atoms with Crippen LogP contribution in [0.25, 0.3) is 0 Å². The molecule has 6 heteroatoms. The van der Waals surface area contributed by atoms with E-state index in [-0.39, 0.29) is 24.8 Å². The van der Waals surface area contributed by atoms with Crippen LogP contribution in [-0.2, 0) is 0 Å². The van der Waals surface area contributed by atoms with Crippen LogP contribution in [0.15, 0.2) is 18.3 Å². The fraction of sp³-hybridized carbons (Fsp3) is 0.643. The second-order valence-corrected chi connectivity index (χ2v) is 5.72. The third-order valence-electron chi connectivity index (χ3n) is 4.23. The maximum Gasteiger partial charge on any atom is 0.129 e. The molecule has 0 amide bonds. The summed E-state index contributed by atoms with van der Waals surface area (Å²) >= 11 is 5.89. The summed E-state index contributed by atoms with van der Waals surface area (Å²) < 4.78 is 0. The fourth-order valence-electron chi connectivity index (χ4n) is 3.06. The molecule has 1 atom stereocenters. The third-order valence-corrected chi connectivity index (χ3v) is 4.46. The molecule has 0 bridgehead atoms. The van der Waals surface area contributed by atoms with E-state index < -0.39 is 0 Å². The highest BCUT2D eigenvalue weighted by Gasteiger charge is 2.33. The predicted octanol–water partition coefficient (Wildman–Crippen LogP) is 3.33. The molecule has 1 aromatic rings. The summed E-state index contributed by atoms with van der Waals surface area (Å²) in [6, 6.07) is 4.62. The highest BCUT2D eigenvalue weighted by molar-refractivity contribution is 6.29. The van der Waals surface area contributed by atoms with Gasteiger partial charge in [-0.1, -0.05) is 24.1 Å². The van der Waals surface area contributed by atoms with E-state index in [1.807, 2.05) is 12.3 Å². The van der Waals surface area contributed by atoms with Gasteiger partial charge in [-0.25, -0.2) is 4.98 Å². The minimum atomic E-state index is 0. The molecule has 114 valence electrons. The van der Waals surface area contributed by atoms with Gasteiger partial charge in [0.2, 0.25) is 0 Å². The van der Waals surface area contributed by atoms with Gasteiger partial charge in [0.1, 0.15) is 5.15 Å². The molecule has 2 aliphatic rings. The highest BCUT2D eigenvalue weighted by Crippen LogP contribution is 2.41. The molecule has 20 heavy (non-hydrogen) atoms. The number of piperazine rings is 1. The van der Waals surface area contributed by atoms with Crippen molar-refractivity contribution in [3.63, 3.8) is 0 Å². The van der Waals surface area contributed by atoms with Crippen LogP contribution in [0.1, 0.15) is 30.9 Å². The van der Waals surface area contributed by atoms with E-state index in [9.17, 15) is 0 Å². The first kappa shape index (κ1) is 18.0. The van der Waals surface area contributed by atoms with Crippen LogP contribution in [0.3, 0.4) is 0 Å². The molecule has 1 aliphatic heterocycles. The first-order valence-corrected chi connectivity index (χ1v) is 7.28. The zero-order valence-electron chi connectivity index (χ0n) is 11.4. The summed E-state index contributed by atoms with van der Waals surface area (Å²) in [7, 11) is 0. The third kappa shape index (κ3) is 3.99. The van der Waals surface area contributed by atoms with Crippen molar-refractivity contribution in [2.75, 3.05) is 26.2 Å². The van der Waals surface area contributed by atoms with Crippen LogP contribution < -0.4 is 5.32 Å². The standard InChI is InChI=1S/C14H20ClN3.2ClH/c15-13-5-4-12(10-17-13)14(11-2-1-3-11)18-8-6-16-7-9-18;;/h4-5,10-11,14,16H,1-3,6-9H2;2*1H/t14-;;/m0../s1. The lowest BCUT2D eigenvalue weighted by molar-refractivity contribution is 0.0835. The zero-order valence-corrected chi connectivity index (χ0v) is 13.8. The lowest BCUT2D eigenvalue weighted by Crippen LogP contribution is -2.47. The Morgan fingerprint density at radius 1 is 1.20 bits per heavy atom. The Balaban J connectivity index is 0.000001000. The Bertz CT molecular complexity index is 389. The van der Waals surface area contributed by atoms with Gasteiger partial charge in [0, 0.05) is 38.4 Å². The molecule has 0 radical (unpaired) electrons. The summed E-state index contributed by atoms with van der Waals surface area (Å²) in [5.74, 6) is 0.811. The molecule has 1 aliphatic carbocycles. The Morgan fingerprint density at radius 3 is 2.40 bits per heavy atom. The van der Waals surface area contributed by atoms with Gasteiger partial charge < -0.3 is 5.32 Å². The molecule has 0 unspecified atom stereocenters. The molecule has 1 aromatic heterocycles. The van der Waals surface area contributed by atoms with Crippen LogP contribution in [0.4, 0.5) is 0 Å². The number of aromatic nitrogens is 1. The van der Waals surface area contributed by atoms with Gasteiger partial charge in [0.15, 0.2) is 0 Å². The van der Waals surface area contributed by atoms with Crippen molar-refractivity contribution >= 4 is 36.4 Å². The van der Waals surface area contributed by atoms with Gasteiger partial charge in [-0.05, 0) is 30.4 Å². The first-order valence-electron chi connectivity index (χ1n) is 6.91. The monoisotopic (exact) mass is 337 g/mol. The molecule has 0 aromatic carbocycles. The van der Waals surface area contributed by atoms with Crippen molar-refractivity contribution in [3.05, 3.63) is 29.0 Å². The Morgan fingerprint density at radius 2 is 1.90 bits per heavy atom. The lowest BCUT2D eigenvalue weighted by Gasteiger charge is -2.43. The van der Waals surface area contributed by atoms with Gasteiger partial charge >= 0.3 is 0 Å². The van der Waals surface area contributed by atoms with E-state index in [1.54, 1.807) is 0 Å². The van der Waals surface area contributed by atoms with Crippen LogP contribution in [-0.4, -0.2) is 36.1 Å². The largest absolute Gasteiger partial charge is 0.314 e. The maximum atomic E-state index is 5.89.